The normalized spacial score (nSPS) is 12.1. The minimum absolute atomic E-state index is 0.00494. The van der Waals surface area contributed by atoms with Crippen LogP contribution in [0.2, 0.25) is 0 Å². The summed E-state index contributed by atoms with van der Waals surface area (Å²) in [6, 6.07) is 2.72. The van der Waals surface area contributed by atoms with Gasteiger partial charge in [0.25, 0.3) is 0 Å². The van der Waals surface area contributed by atoms with E-state index in [0.717, 1.165) is 0 Å². The molecule has 106 valence electrons. The number of amides is 1. The van der Waals surface area contributed by atoms with Gasteiger partial charge in [-0.3, -0.25) is 9.00 Å². The van der Waals surface area contributed by atoms with Gasteiger partial charge in [0.2, 0.25) is 11.7 Å². The van der Waals surface area contributed by atoms with Gasteiger partial charge >= 0.3 is 5.97 Å². The number of carboxylic acids is 1. The molecule has 0 spiro atoms. The van der Waals surface area contributed by atoms with Crippen molar-refractivity contribution in [1.29, 1.82) is 0 Å². The summed E-state index contributed by atoms with van der Waals surface area (Å²) >= 11 is 0. The van der Waals surface area contributed by atoms with Gasteiger partial charge in [-0.1, -0.05) is 0 Å². The molecule has 1 amide bonds. The molecule has 0 aliphatic rings. The SMILES string of the molecule is COCCNC(=O)CS(=O)Cc1ccc(C(=O)O)o1. The van der Waals surface area contributed by atoms with E-state index < -0.39 is 16.8 Å². The lowest BCUT2D eigenvalue weighted by Crippen LogP contribution is -2.31. The summed E-state index contributed by atoms with van der Waals surface area (Å²) in [5.41, 5.74) is 0. The molecular formula is C11H15NO6S. The van der Waals surface area contributed by atoms with Crippen molar-refractivity contribution in [3.8, 4) is 0 Å². The molecule has 1 rings (SSSR count). The molecule has 0 saturated heterocycles. The quantitative estimate of drug-likeness (QED) is 0.652. The zero-order valence-electron chi connectivity index (χ0n) is 10.4. The molecule has 1 aromatic rings. The lowest BCUT2D eigenvalue weighted by atomic mass is 10.4. The molecule has 0 radical (unpaired) electrons. The van der Waals surface area contributed by atoms with Crippen LogP contribution in [-0.2, 0) is 26.1 Å². The number of ether oxygens (including phenoxy) is 1. The van der Waals surface area contributed by atoms with Gasteiger partial charge in [0.15, 0.2) is 0 Å². The second-order valence-corrected chi connectivity index (χ2v) is 5.10. The fourth-order valence-electron chi connectivity index (χ4n) is 1.27. The third kappa shape index (κ3) is 5.66. The van der Waals surface area contributed by atoms with E-state index in [-0.39, 0.29) is 28.9 Å². The molecule has 0 aromatic carbocycles. The van der Waals surface area contributed by atoms with Crippen molar-refractivity contribution in [1.82, 2.24) is 5.32 Å². The van der Waals surface area contributed by atoms with Crippen molar-refractivity contribution in [3.05, 3.63) is 23.7 Å². The van der Waals surface area contributed by atoms with Crippen LogP contribution in [0.25, 0.3) is 0 Å². The highest BCUT2D eigenvalue weighted by Crippen LogP contribution is 2.10. The van der Waals surface area contributed by atoms with Crippen LogP contribution in [0.1, 0.15) is 16.3 Å². The van der Waals surface area contributed by atoms with Crippen molar-refractivity contribution in [2.75, 3.05) is 26.0 Å². The molecule has 0 aliphatic heterocycles. The maximum Gasteiger partial charge on any atom is 0.371 e. The van der Waals surface area contributed by atoms with E-state index >= 15 is 0 Å². The average molecular weight is 289 g/mol. The number of methoxy groups -OCH3 is 1. The largest absolute Gasteiger partial charge is 0.475 e. The molecule has 8 heteroatoms. The minimum Gasteiger partial charge on any atom is -0.475 e. The molecule has 0 aliphatic carbocycles. The molecule has 0 saturated carbocycles. The molecule has 0 fully saturated rings. The number of nitrogens with one attached hydrogen (secondary N) is 1. The van der Waals surface area contributed by atoms with Gasteiger partial charge in [-0.25, -0.2) is 4.79 Å². The zero-order chi connectivity index (χ0) is 14.3. The van der Waals surface area contributed by atoms with Crippen molar-refractivity contribution in [2.45, 2.75) is 5.75 Å². The maximum atomic E-state index is 11.6. The molecule has 1 aromatic heterocycles. The molecule has 2 N–H and O–H groups in total. The smallest absolute Gasteiger partial charge is 0.371 e. The number of carbonyl (C=O) groups is 2. The van der Waals surface area contributed by atoms with Gasteiger partial charge in [-0.05, 0) is 12.1 Å². The predicted octanol–water partition coefficient (Wildman–Crippen LogP) is -0.0109. The summed E-state index contributed by atoms with van der Waals surface area (Å²) in [7, 11) is 0.0692. The number of aromatic carboxylic acids is 1. The lowest BCUT2D eigenvalue weighted by Gasteiger charge is -2.03. The predicted molar refractivity (Wildman–Crippen MR) is 67.3 cm³/mol. The fraction of sp³-hybridized carbons (Fsp3) is 0.455. The maximum absolute atomic E-state index is 11.6. The second-order valence-electron chi connectivity index (χ2n) is 3.64. The Morgan fingerprint density at radius 3 is 2.79 bits per heavy atom. The Balaban J connectivity index is 2.37. The molecule has 0 bridgehead atoms. The standard InChI is InChI=1S/C11H15NO6S/c1-17-5-4-12-10(13)7-19(16)6-8-2-3-9(18-8)11(14)15/h2-3H,4-7H2,1H3,(H,12,13)(H,14,15). The van der Waals surface area contributed by atoms with E-state index in [9.17, 15) is 13.8 Å². The van der Waals surface area contributed by atoms with Crippen LogP contribution in [-0.4, -0.2) is 47.2 Å². The van der Waals surface area contributed by atoms with E-state index in [0.29, 0.717) is 13.2 Å². The number of hydrogen-bond acceptors (Lipinski definition) is 5. The van der Waals surface area contributed by atoms with Crippen LogP contribution in [0.15, 0.2) is 16.5 Å². The molecule has 1 atom stereocenters. The van der Waals surface area contributed by atoms with E-state index in [1.54, 1.807) is 0 Å². The Labute approximate surface area is 112 Å². The number of carboxylic acid groups (broad SMARTS) is 1. The third-order valence-electron chi connectivity index (χ3n) is 2.10. The van der Waals surface area contributed by atoms with Crippen molar-refractivity contribution in [3.63, 3.8) is 0 Å². The average Bonchev–Trinajstić information content (AvgIpc) is 2.77. The lowest BCUT2D eigenvalue weighted by molar-refractivity contribution is -0.118. The van der Waals surface area contributed by atoms with Crippen LogP contribution in [0.3, 0.4) is 0 Å². The Bertz CT molecular complexity index is 470. The van der Waals surface area contributed by atoms with Gasteiger partial charge in [0, 0.05) is 24.5 Å². The van der Waals surface area contributed by atoms with Gasteiger partial charge in [0.05, 0.1) is 12.4 Å². The van der Waals surface area contributed by atoms with E-state index in [1.165, 1.54) is 19.2 Å². The number of furan rings is 1. The van der Waals surface area contributed by atoms with Gasteiger partial charge in [0.1, 0.15) is 11.5 Å². The van der Waals surface area contributed by atoms with E-state index in [2.05, 4.69) is 5.32 Å². The summed E-state index contributed by atoms with van der Waals surface area (Å²) in [5.74, 6) is -1.62. The van der Waals surface area contributed by atoms with Gasteiger partial charge in [-0.15, -0.1) is 0 Å². The molecule has 19 heavy (non-hydrogen) atoms. The number of carbonyl (C=O) groups excluding carboxylic acids is 1. The zero-order valence-corrected chi connectivity index (χ0v) is 11.2. The van der Waals surface area contributed by atoms with Crippen molar-refractivity contribution < 1.29 is 28.1 Å². The fourth-order valence-corrected chi connectivity index (χ4v) is 2.24. The third-order valence-corrected chi connectivity index (χ3v) is 3.29. The van der Waals surface area contributed by atoms with Crippen LogP contribution < -0.4 is 5.32 Å². The van der Waals surface area contributed by atoms with Crippen molar-refractivity contribution >= 4 is 22.7 Å². The summed E-state index contributed by atoms with van der Waals surface area (Å²) in [6.45, 7) is 0.745. The molecule has 7 nitrogen and oxygen atoms in total. The number of rotatable bonds is 8. The summed E-state index contributed by atoms with van der Waals surface area (Å²) < 4.78 is 21.4. The first-order valence-electron chi connectivity index (χ1n) is 5.45. The van der Waals surface area contributed by atoms with E-state index in [1.807, 2.05) is 0 Å². The Morgan fingerprint density at radius 1 is 1.47 bits per heavy atom. The van der Waals surface area contributed by atoms with Gasteiger partial charge in [-0.2, -0.15) is 0 Å². The topological polar surface area (TPSA) is 106 Å². The number of hydrogen-bond donors (Lipinski definition) is 2. The highest BCUT2D eigenvalue weighted by Gasteiger charge is 2.13. The molecule has 1 heterocycles. The Morgan fingerprint density at radius 2 is 2.21 bits per heavy atom. The summed E-state index contributed by atoms with van der Waals surface area (Å²) in [4.78, 5) is 21.9. The van der Waals surface area contributed by atoms with Crippen molar-refractivity contribution in [2.24, 2.45) is 0 Å². The first kappa shape index (κ1) is 15.4. The minimum atomic E-state index is -1.45. The summed E-state index contributed by atoms with van der Waals surface area (Å²) in [5, 5.41) is 11.2. The first-order valence-corrected chi connectivity index (χ1v) is 6.94. The molecular weight excluding hydrogens is 274 g/mol. The molecule has 1 unspecified atom stereocenters. The summed E-state index contributed by atoms with van der Waals surface area (Å²) in [6.07, 6.45) is 0. The Hall–Kier alpha value is -1.67. The van der Waals surface area contributed by atoms with Crippen LogP contribution in [0, 0.1) is 0 Å². The first-order chi connectivity index (χ1) is 9.02. The van der Waals surface area contributed by atoms with Crippen LogP contribution in [0.4, 0.5) is 0 Å². The monoisotopic (exact) mass is 289 g/mol. The second kappa shape index (κ2) is 7.70. The Kier molecular flexibility index (Phi) is 6.23. The highest BCUT2D eigenvalue weighted by atomic mass is 32.2. The highest BCUT2D eigenvalue weighted by molar-refractivity contribution is 7.84. The van der Waals surface area contributed by atoms with Crippen LogP contribution in [0.5, 0.6) is 0 Å². The van der Waals surface area contributed by atoms with Crippen LogP contribution >= 0.6 is 0 Å². The van der Waals surface area contributed by atoms with Gasteiger partial charge < -0.3 is 19.6 Å². The van der Waals surface area contributed by atoms with E-state index in [4.69, 9.17) is 14.3 Å².